The van der Waals surface area contributed by atoms with Crippen LogP contribution in [0.1, 0.15) is 30.9 Å². The van der Waals surface area contributed by atoms with Crippen LogP contribution in [0.3, 0.4) is 0 Å². The summed E-state index contributed by atoms with van der Waals surface area (Å²) in [4.78, 5) is 22.8. The van der Waals surface area contributed by atoms with Gasteiger partial charge in [-0.2, -0.15) is 0 Å². The lowest BCUT2D eigenvalue weighted by Gasteiger charge is -2.16. The van der Waals surface area contributed by atoms with Crippen LogP contribution < -0.4 is 10.4 Å². The highest BCUT2D eigenvalue weighted by Crippen LogP contribution is 2.29. The number of aryl methyl sites for hydroxylation is 1. The molecule has 110 valence electrons. The fraction of sp³-hybridized carbons (Fsp3) is 0.375. The molecule has 0 saturated carbocycles. The summed E-state index contributed by atoms with van der Waals surface area (Å²) >= 11 is 0. The van der Waals surface area contributed by atoms with Gasteiger partial charge in [-0.1, -0.05) is 0 Å². The van der Waals surface area contributed by atoms with E-state index >= 15 is 0 Å². The molecule has 5 nitrogen and oxygen atoms in total. The van der Waals surface area contributed by atoms with Crippen LogP contribution >= 0.6 is 0 Å². The molecule has 1 atom stereocenters. The van der Waals surface area contributed by atoms with Gasteiger partial charge < -0.3 is 14.3 Å². The summed E-state index contributed by atoms with van der Waals surface area (Å²) in [5, 5.41) is 9.78. The van der Waals surface area contributed by atoms with E-state index in [0.717, 1.165) is 42.2 Å². The fourth-order valence-corrected chi connectivity index (χ4v) is 2.75. The summed E-state index contributed by atoms with van der Waals surface area (Å²) in [6.07, 6.45) is 2.78. The maximum absolute atomic E-state index is 12.0. The smallest absolute Gasteiger partial charge is 0.344 e. The van der Waals surface area contributed by atoms with Crippen molar-refractivity contribution in [2.24, 2.45) is 0 Å². The lowest BCUT2D eigenvalue weighted by atomic mass is 9.91. The van der Waals surface area contributed by atoms with Gasteiger partial charge in [-0.25, -0.2) is 9.59 Å². The number of aliphatic carboxylic acids is 1. The minimum atomic E-state index is -1.04. The van der Waals surface area contributed by atoms with Crippen molar-refractivity contribution in [2.45, 2.75) is 38.7 Å². The van der Waals surface area contributed by atoms with Crippen molar-refractivity contribution >= 4 is 16.9 Å². The van der Waals surface area contributed by atoms with Gasteiger partial charge in [0.15, 0.2) is 6.10 Å². The van der Waals surface area contributed by atoms with Gasteiger partial charge in [0, 0.05) is 17.0 Å². The maximum atomic E-state index is 12.0. The van der Waals surface area contributed by atoms with Gasteiger partial charge in [0.2, 0.25) is 0 Å². The summed E-state index contributed by atoms with van der Waals surface area (Å²) in [6, 6.07) is 5.15. The van der Waals surface area contributed by atoms with E-state index < -0.39 is 12.1 Å². The third-order valence-corrected chi connectivity index (χ3v) is 3.86. The Morgan fingerprint density at radius 3 is 2.71 bits per heavy atom. The van der Waals surface area contributed by atoms with Crippen LogP contribution in [0, 0.1) is 0 Å². The molecular weight excluding hydrogens is 272 g/mol. The summed E-state index contributed by atoms with van der Waals surface area (Å²) in [5.41, 5.74) is 2.00. The molecule has 3 rings (SSSR count). The van der Waals surface area contributed by atoms with Crippen molar-refractivity contribution < 1.29 is 19.1 Å². The third-order valence-electron chi connectivity index (χ3n) is 3.86. The summed E-state index contributed by atoms with van der Waals surface area (Å²) in [6.45, 7) is 1.45. The Hall–Kier alpha value is -2.30. The van der Waals surface area contributed by atoms with Crippen LogP contribution in [0.5, 0.6) is 5.75 Å². The first-order chi connectivity index (χ1) is 10.1. The number of hydrogen-bond acceptors (Lipinski definition) is 4. The quantitative estimate of drug-likeness (QED) is 0.878. The van der Waals surface area contributed by atoms with Crippen molar-refractivity contribution in [1.82, 2.24) is 0 Å². The van der Waals surface area contributed by atoms with E-state index in [0.29, 0.717) is 11.3 Å². The highest BCUT2D eigenvalue weighted by molar-refractivity contribution is 5.83. The Kier molecular flexibility index (Phi) is 3.41. The summed E-state index contributed by atoms with van der Waals surface area (Å²) in [5.74, 6) is -0.654. The SMILES string of the molecule is C[C@H](Oc1ccc2c3c(c(=O)oc2c1)CCCC3)C(=O)O. The second-order valence-electron chi connectivity index (χ2n) is 5.31. The van der Waals surface area contributed by atoms with Gasteiger partial charge in [-0.15, -0.1) is 0 Å². The number of hydrogen-bond donors (Lipinski definition) is 1. The zero-order chi connectivity index (χ0) is 15.0. The van der Waals surface area contributed by atoms with Gasteiger partial charge in [0.05, 0.1) is 0 Å². The van der Waals surface area contributed by atoms with Crippen LogP contribution in [0.2, 0.25) is 0 Å². The van der Waals surface area contributed by atoms with Crippen LogP contribution in [-0.4, -0.2) is 17.2 Å². The van der Waals surface area contributed by atoms with Gasteiger partial charge in [0.25, 0.3) is 0 Å². The molecule has 5 heteroatoms. The average Bonchev–Trinajstić information content (AvgIpc) is 2.47. The number of carboxylic acid groups (broad SMARTS) is 1. The molecule has 1 aromatic carbocycles. The van der Waals surface area contributed by atoms with Crippen LogP contribution in [0.4, 0.5) is 0 Å². The van der Waals surface area contributed by atoms with Crippen molar-refractivity contribution in [1.29, 1.82) is 0 Å². The Labute approximate surface area is 121 Å². The van der Waals surface area contributed by atoms with Gasteiger partial charge in [-0.05, 0) is 50.3 Å². The molecule has 0 spiro atoms. The topological polar surface area (TPSA) is 76.7 Å². The molecule has 21 heavy (non-hydrogen) atoms. The van der Waals surface area contributed by atoms with Crippen molar-refractivity contribution in [3.63, 3.8) is 0 Å². The fourth-order valence-electron chi connectivity index (χ4n) is 2.75. The van der Waals surface area contributed by atoms with Crippen molar-refractivity contribution in [3.05, 3.63) is 39.7 Å². The second kappa shape index (κ2) is 5.24. The normalized spacial score (nSPS) is 15.5. The molecule has 0 unspecified atom stereocenters. The van der Waals surface area contributed by atoms with Crippen molar-refractivity contribution in [2.75, 3.05) is 0 Å². The number of benzene rings is 1. The lowest BCUT2D eigenvalue weighted by Crippen LogP contribution is -2.22. The Balaban J connectivity index is 2.07. The van der Waals surface area contributed by atoms with E-state index in [9.17, 15) is 9.59 Å². The van der Waals surface area contributed by atoms with Gasteiger partial charge in [-0.3, -0.25) is 0 Å². The molecule has 0 amide bonds. The van der Waals surface area contributed by atoms with E-state index in [1.165, 1.54) is 6.92 Å². The molecular formula is C16H16O5. The van der Waals surface area contributed by atoms with E-state index in [4.69, 9.17) is 14.3 Å². The monoisotopic (exact) mass is 288 g/mol. The Bertz CT molecular complexity index is 759. The first-order valence-corrected chi connectivity index (χ1v) is 7.04. The molecule has 1 heterocycles. The zero-order valence-electron chi connectivity index (χ0n) is 11.7. The molecule has 1 aliphatic carbocycles. The molecule has 1 aromatic heterocycles. The summed E-state index contributed by atoms with van der Waals surface area (Å²) < 4.78 is 10.7. The van der Waals surface area contributed by atoms with Crippen LogP contribution in [0.15, 0.2) is 27.4 Å². The number of ether oxygens (including phenoxy) is 1. The molecule has 1 aliphatic rings. The molecule has 0 radical (unpaired) electrons. The lowest BCUT2D eigenvalue weighted by molar-refractivity contribution is -0.144. The van der Waals surface area contributed by atoms with E-state index in [1.54, 1.807) is 12.1 Å². The molecule has 2 aromatic rings. The third kappa shape index (κ3) is 2.51. The predicted molar refractivity (Wildman–Crippen MR) is 76.9 cm³/mol. The predicted octanol–water partition coefficient (Wildman–Crippen LogP) is 2.52. The van der Waals surface area contributed by atoms with Crippen LogP contribution in [0.25, 0.3) is 11.0 Å². The number of rotatable bonds is 3. The minimum Gasteiger partial charge on any atom is -0.479 e. The number of carboxylic acids is 1. The first-order valence-electron chi connectivity index (χ1n) is 7.04. The molecule has 0 fully saturated rings. The minimum absolute atomic E-state index is 0.291. The Morgan fingerprint density at radius 2 is 2.00 bits per heavy atom. The van der Waals surface area contributed by atoms with E-state index in [-0.39, 0.29) is 5.63 Å². The van der Waals surface area contributed by atoms with Gasteiger partial charge >= 0.3 is 11.6 Å². The molecule has 0 saturated heterocycles. The molecule has 1 N–H and O–H groups in total. The van der Waals surface area contributed by atoms with E-state index in [2.05, 4.69) is 0 Å². The molecule has 0 aliphatic heterocycles. The highest BCUT2D eigenvalue weighted by atomic mass is 16.5. The first kappa shape index (κ1) is 13.7. The van der Waals surface area contributed by atoms with Gasteiger partial charge in [0.1, 0.15) is 11.3 Å². The van der Waals surface area contributed by atoms with E-state index in [1.807, 2.05) is 6.07 Å². The molecule has 0 bridgehead atoms. The summed E-state index contributed by atoms with van der Waals surface area (Å²) in [7, 11) is 0. The highest BCUT2D eigenvalue weighted by Gasteiger charge is 2.19. The zero-order valence-corrected chi connectivity index (χ0v) is 11.7. The van der Waals surface area contributed by atoms with Crippen LogP contribution in [-0.2, 0) is 17.6 Å². The standard InChI is InChI=1S/C16H16O5/c1-9(15(17)18)20-10-6-7-12-11-4-2-3-5-13(11)16(19)21-14(12)8-10/h6-9H,2-5H2,1H3,(H,17,18)/t9-/m0/s1. The number of carbonyl (C=O) groups is 1. The second-order valence-corrected chi connectivity index (χ2v) is 5.31. The van der Waals surface area contributed by atoms with Crippen molar-refractivity contribution in [3.8, 4) is 5.75 Å². The maximum Gasteiger partial charge on any atom is 0.344 e. The largest absolute Gasteiger partial charge is 0.479 e. The Morgan fingerprint density at radius 1 is 1.29 bits per heavy atom. The number of fused-ring (bicyclic) bond motifs is 3. The average molecular weight is 288 g/mol.